The van der Waals surface area contributed by atoms with Gasteiger partial charge in [-0.2, -0.15) is 5.10 Å². The molecular weight excluding hydrogens is 393 g/mol. The number of benzene rings is 2. The minimum atomic E-state index is -0.434. The Morgan fingerprint density at radius 3 is 2.13 bits per heavy atom. The molecule has 1 aromatic heterocycles. The maximum absolute atomic E-state index is 12.6. The second-order valence-corrected chi connectivity index (χ2v) is 9.08. The SMILES string of the molecule is CC1(C)OB(c2ccc3c(cnn3CCN3C(=O)c4ccccc4C3=O)c2)OC1(C)C. The highest BCUT2D eigenvalue weighted by atomic mass is 16.7. The standard InChI is InChI=1S/C23H24BN3O4/c1-22(2)23(3,4)31-24(30-22)16-9-10-19-15(13-16)14-25-27(19)12-11-26-20(28)17-7-5-6-8-18(17)21(26)29/h5-10,13-14H,11-12H2,1-4H3. The first-order valence-corrected chi connectivity index (χ1v) is 10.4. The Bertz CT molecular complexity index is 1170. The average Bonchev–Trinajstić information content (AvgIpc) is 3.31. The maximum Gasteiger partial charge on any atom is 0.494 e. The molecule has 0 aliphatic carbocycles. The van der Waals surface area contributed by atoms with Crippen molar-refractivity contribution in [2.45, 2.75) is 45.4 Å². The van der Waals surface area contributed by atoms with Gasteiger partial charge in [0.1, 0.15) is 0 Å². The summed E-state index contributed by atoms with van der Waals surface area (Å²) >= 11 is 0. The maximum atomic E-state index is 12.6. The Kier molecular flexibility index (Phi) is 4.36. The molecule has 0 saturated carbocycles. The Balaban J connectivity index is 1.34. The Hall–Kier alpha value is -2.97. The van der Waals surface area contributed by atoms with Gasteiger partial charge >= 0.3 is 7.12 Å². The van der Waals surface area contributed by atoms with Gasteiger partial charge in [0.25, 0.3) is 11.8 Å². The third-order valence-electron chi connectivity index (χ3n) is 6.60. The minimum Gasteiger partial charge on any atom is -0.399 e. The summed E-state index contributed by atoms with van der Waals surface area (Å²) in [6.07, 6.45) is 1.78. The number of hydrogen-bond acceptors (Lipinski definition) is 5. The lowest BCUT2D eigenvalue weighted by Crippen LogP contribution is -2.41. The smallest absolute Gasteiger partial charge is 0.399 e. The number of fused-ring (bicyclic) bond motifs is 2. The van der Waals surface area contributed by atoms with Crippen LogP contribution in [0.15, 0.2) is 48.7 Å². The largest absolute Gasteiger partial charge is 0.494 e. The van der Waals surface area contributed by atoms with Gasteiger partial charge in [0.15, 0.2) is 0 Å². The summed E-state index contributed by atoms with van der Waals surface area (Å²) in [4.78, 5) is 26.4. The first-order chi connectivity index (χ1) is 14.7. The molecule has 1 saturated heterocycles. The quantitative estimate of drug-likeness (QED) is 0.482. The molecule has 8 heteroatoms. The minimum absolute atomic E-state index is 0.250. The highest BCUT2D eigenvalue weighted by Gasteiger charge is 2.51. The molecule has 0 spiro atoms. The molecule has 158 valence electrons. The van der Waals surface area contributed by atoms with Gasteiger partial charge in [0, 0.05) is 11.9 Å². The number of hydrogen-bond donors (Lipinski definition) is 0. The van der Waals surface area contributed by atoms with Crippen molar-refractivity contribution in [1.82, 2.24) is 14.7 Å². The zero-order valence-corrected chi connectivity index (χ0v) is 18.1. The summed E-state index contributed by atoms with van der Waals surface area (Å²) in [7, 11) is -0.434. The second kappa shape index (κ2) is 6.77. The monoisotopic (exact) mass is 417 g/mol. The van der Waals surface area contributed by atoms with E-state index in [4.69, 9.17) is 9.31 Å². The van der Waals surface area contributed by atoms with Gasteiger partial charge in [-0.25, -0.2) is 0 Å². The van der Waals surface area contributed by atoms with Crippen molar-refractivity contribution in [3.63, 3.8) is 0 Å². The van der Waals surface area contributed by atoms with Gasteiger partial charge in [-0.3, -0.25) is 19.2 Å². The number of imide groups is 1. The van der Waals surface area contributed by atoms with E-state index < -0.39 is 18.3 Å². The third-order valence-corrected chi connectivity index (χ3v) is 6.60. The molecule has 2 aliphatic heterocycles. The van der Waals surface area contributed by atoms with Crippen LogP contribution >= 0.6 is 0 Å². The van der Waals surface area contributed by atoms with Crippen molar-refractivity contribution in [3.8, 4) is 0 Å². The highest BCUT2D eigenvalue weighted by molar-refractivity contribution is 6.62. The molecule has 3 heterocycles. The number of carbonyl (C=O) groups is 2. The summed E-state index contributed by atoms with van der Waals surface area (Å²) in [6, 6.07) is 12.9. The van der Waals surface area contributed by atoms with Crippen molar-refractivity contribution in [2.24, 2.45) is 0 Å². The lowest BCUT2D eigenvalue weighted by molar-refractivity contribution is 0.00578. The number of carbonyl (C=O) groups excluding carboxylic acids is 2. The molecule has 0 bridgehead atoms. The van der Waals surface area contributed by atoms with E-state index in [1.54, 1.807) is 30.5 Å². The zero-order valence-electron chi connectivity index (χ0n) is 18.1. The highest BCUT2D eigenvalue weighted by Crippen LogP contribution is 2.36. The molecular formula is C23H24BN3O4. The molecule has 7 nitrogen and oxygen atoms in total. The van der Waals surface area contributed by atoms with Crippen LogP contribution in [0, 0.1) is 0 Å². The fourth-order valence-corrected chi connectivity index (χ4v) is 4.05. The van der Waals surface area contributed by atoms with Crippen molar-refractivity contribution in [3.05, 3.63) is 59.8 Å². The van der Waals surface area contributed by atoms with E-state index >= 15 is 0 Å². The molecule has 2 aromatic carbocycles. The fraction of sp³-hybridized carbons (Fsp3) is 0.348. The van der Waals surface area contributed by atoms with Crippen LogP contribution in [-0.4, -0.2) is 51.4 Å². The van der Waals surface area contributed by atoms with E-state index in [1.165, 1.54) is 4.90 Å². The summed E-state index contributed by atoms with van der Waals surface area (Å²) in [6.45, 7) is 8.81. The molecule has 5 rings (SSSR count). The third kappa shape index (κ3) is 3.09. The van der Waals surface area contributed by atoms with Crippen LogP contribution in [0.25, 0.3) is 10.9 Å². The molecule has 0 unspecified atom stereocenters. The van der Waals surface area contributed by atoms with Gasteiger partial charge in [-0.05, 0) is 51.4 Å². The normalized spacial score (nSPS) is 19.5. The van der Waals surface area contributed by atoms with Crippen molar-refractivity contribution in [1.29, 1.82) is 0 Å². The van der Waals surface area contributed by atoms with Gasteiger partial charge < -0.3 is 9.31 Å². The van der Waals surface area contributed by atoms with Crippen LogP contribution in [0.4, 0.5) is 0 Å². The molecule has 1 fully saturated rings. The number of aromatic nitrogens is 2. The van der Waals surface area contributed by atoms with Crippen LogP contribution < -0.4 is 5.46 Å². The van der Waals surface area contributed by atoms with Crippen molar-refractivity contribution in [2.75, 3.05) is 6.54 Å². The van der Waals surface area contributed by atoms with E-state index in [1.807, 2.05) is 50.6 Å². The van der Waals surface area contributed by atoms with Gasteiger partial charge in [-0.15, -0.1) is 0 Å². The number of nitrogens with zero attached hydrogens (tertiary/aromatic N) is 3. The molecule has 31 heavy (non-hydrogen) atoms. The summed E-state index contributed by atoms with van der Waals surface area (Å²) < 4.78 is 14.1. The van der Waals surface area contributed by atoms with E-state index in [0.29, 0.717) is 17.7 Å². The van der Waals surface area contributed by atoms with Gasteiger partial charge in [-0.1, -0.05) is 24.3 Å². The zero-order chi connectivity index (χ0) is 22.0. The first-order valence-electron chi connectivity index (χ1n) is 10.4. The molecule has 0 N–H and O–H groups in total. The summed E-state index contributed by atoms with van der Waals surface area (Å²) in [5.41, 5.74) is 1.99. The fourth-order valence-electron chi connectivity index (χ4n) is 4.05. The summed E-state index contributed by atoms with van der Waals surface area (Å²) in [5, 5.41) is 5.42. The van der Waals surface area contributed by atoms with E-state index in [9.17, 15) is 9.59 Å². The molecule has 3 aromatic rings. The van der Waals surface area contributed by atoms with Crippen molar-refractivity contribution < 1.29 is 18.9 Å². The lowest BCUT2D eigenvalue weighted by Gasteiger charge is -2.32. The van der Waals surface area contributed by atoms with E-state index in [0.717, 1.165) is 16.4 Å². The van der Waals surface area contributed by atoms with E-state index in [2.05, 4.69) is 5.10 Å². The number of amides is 2. The lowest BCUT2D eigenvalue weighted by atomic mass is 9.79. The van der Waals surface area contributed by atoms with Crippen LogP contribution in [-0.2, 0) is 15.9 Å². The Labute approximate surface area is 181 Å². The van der Waals surface area contributed by atoms with Crippen LogP contribution in [0.5, 0.6) is 0 Å². The predicted octanol–water partition coefficient (Wildman–Crippen LogP) is 2.63. The van der Waals surface area contributed by atoms with Crippen LogP contribution in [0.2, 0.25) is 0 Å². The van der Waals surface area contributed by atoms with Crippen molar-refractivity contribution >= 4 is 35.3 Å². The molecule has 0 radical (unpaired) electrons. The molecule has 2 amide bonds. The van der Waals surface area contributed by atoms with Gasteiger partial charge in [0.2, 0.25) is 0 Å². The van der Waals surface area contributed by atoms with Gasteiger partial charge in [0.05, 0.1) is 40.6 Å². The summed E-state index contributed by atoms with van der Waals surface area (Å²) in [5.74, 6) is -0.500. The average molecular weight is 417 g/mol. The van der Waals surface area contributed by atoms with Crippen LogP contribution in [0.1, 0.15) is 48.4 Å². The Morgan fingerprint density at radius 2 is 1.52 bits per heavy atom. The molecule has 2 aliphatic rings. The second-order valence-electron chi connectivity index (χ2n) is 9.08. The Morgan fingerprint density at radius 1 is 0.903 bits per heavy atom. The topological polar surface area (TPSA) is 73.7 Å². The van der Waals surface area contributed by atoms with Crippen LogP contribution in [0.3, 0.4) is 0 Å². The first kappa shape index (κ1) is 20.0. The molecule has 0 atom stereocenters. The van der Waals surface area contributed by atoms with E-state index in [-0.39, 0.29) is 18.4 Å². The number of rotatable bonds is 4. The predicted molar refractivity (Wildman–Crippen MR) is 117 cm³/mol.